The molecule has 0 fully saturated rings. The third-order valence-electron chi connectivity index (χ3n) is 2.50. The van der Waals surface area contributed by atoms with Crippen molar-refractivity contribution in [2.75, 3.05) is 20.3 Å². The summed E-state index contributed by atoms with van der Waals surface area (Å²) in [7, 11) is 1.60. The minimum atomic E-state index is -0.109. The highest BCUT2D eigenvalue weighted by atomic mass is 32.1. The Morgan fingerprint density at radius 3 is 3.05 bits per heavy atom. The molecule has 0 atom stereocenters. The first-order chi connectivity index (χ1) is 9.22. The Kier molecular flexibility index (Phi) is 4.59. The predicted octanol–water partition coefficient (Wildman–Crippen LogP) is 1.89. The molecule has 0 saturated carbocycles. The number of carbonyl (C=O) groups excluding carboxylic acids is 1. The van der Waals surface area contributed by atoms with E-state index >= 15 is 0 Å². The lowest BCUT2D eigenvalue weighted by Crippen LogP contribution is -2.26. The lowest BCUT2D eigenvalue weighted by atomic mass is 10.3. The highest BCUT2D eigenvalue weighted by molar-refractivity contribution is 7.17. The van der Waals surface area contributed by atoms with Crippen molar-refractivity contribution in [3.05, 3.63) is 35.1 Å². The van der Waals surface area contributed by atoms with Gasteiger partial charge in [0.2, 0.25) is 0 Å². The number of ether oxygens (including phenoxy) is 1. The number of aromatic nitrogens is 2. The highest BCUT2D eigenvalue weighted by Crippen LogP contribution is 2.27. The summed E-state index contributed by atoms with van der Waals surface area (Å²) in [5.74, 6) is -0.109. The molecule has 2 aromatic rings. The van der Waals surface area contributed by atoms with Crippen molar-refractivity contribution in [2.45, 2.75) is 6.92 Å². The van der Waals surface area contributed by atoms with Crippen molar-refractivity contribution in [3.8, 4) is 10.6 Å². The first-order valence-electron chi connectivity index (χ1n) is 5.87. The maximum absolute atomic E-state index is 12.0. The Balaban J connectivity index is 2.15. The minimum Gasteiger partial charge on any atom is -0.383 e. The second-order valence-electron chi connectivity index (χ2n) is 3.92. The van der Waals surface area contributed by atoms with Crippen LogP contribution in [0.4, 0.5) is 0 Å². The van der Waals surface area contributed by atoms with Crippen LogP contribution in [0.3, 0.4) is 0 Å². The van der Waals surface area contributed by atoms with Crippen LogP contribution in [0.5, 0.6) is 0 Å². The number of carbonyl (C=O) groups is 1. The molecule has 2 rings (SSSR count). The lowest BCUT2D eigenvalue weighted by molar-refractivity contribution is 0.0940. The molecule has 2 heterocycles. The largest absolute Gasteiger partial charge is 0.383 e. The first-order valence-corrected chi connectivity index (χ1v) is 6.69. The summed E-state index contributed by atoms with van der Waals surface area (Å²) < 4.78 is 4.90. The number of hydrogen-bond donors (Lipinski definition) is 1. The Morgan fingerprint density at radius 2 is 2.37 bits per heavy atom. The molecule has 0 aliphatic heterocycles. The van der Waals surface area contributed by atoms with Crippen LogP contribution in [0.1, 0.15) is 15.4 Å². The van der Waals surface area contributed by atoms with E-state index in [1.807, 2.05) is 19.1 Å². The van der Waals surface area contributed by atoms with Gasteiger partial charge >= 0.3 is 0 Å². The van der Waals surface area contributed by atoms with Gasteiger partial charge in [-0.05, 0) is 19.1 Å². The molecule has 0 aromatic carbocycles. The van der Waals surface area contributed by atoms with Gasteiger partial charge in [0.1, 0.15) is 9.88 Å². The van der Waals surface area contributed by atoms with Gasteiger partial charge in [0, 0.05) is 31.6 Å². The van der Waals surface area contributed by atoms with Gasteiger partial charge < -0.3 is 10.1 Å². The second-order valence-corrected chi connectivity index (χ2v) is 4.92. The fraction of sp³-hybridized carbons (Fsp3) is 0.308. The van der Waals surface area contributed by atoms with Crippen LogP contribution in [-0.2, 0) is 4.74 Å². The second kappa shape index (κ2) is 6.40. The molecule has 2 aromatic heterocycles. The fourth-order valence-electron chi connectivity index (χ4n) is 1.57. The molecular weight excluding hydrogens is 262 g/mol. The Labute approximate surface area is 115 Å². The number of pyridine rings is 1. The topological polar surface area (TPSA) is 64.1 Å². The van der Waals surface area contributed by atoms with Crippen molar-refractivity contribution in [3.63, 3.8) is 0 Å². The minimum absolute atomic E-state index is 0.109. The standard InChI is InChI=1S/C13H15N3O2S/c1-9-11(12(17)15-6-7-18-2)19-13(16-9)10-4-3-5-14-8-10/h3-5,8H,6-7H2,1-2H3,(H,15,17). The zero-order valence-electron chi connectivity index (χ0n) is 10.8. The van der Waals surface area contributed by atoms with Gasteiger partial charge in [-0.15, -0.1) is 11.3 Å². The Morgan fingerprint density at radius 1 is 1.53 bits per heavy atom. The summed E-state index contributed by atoms with van der Waals surface area (Å²) >= 11 is 1.37. The molecule has 1 amide bonds. The maximum Gasteiger partial charge on any atom is 0.263 e. The average Bonchev–Trinajstić information content (AvgIpc) is 2.82. The highest BCUT2D eigenvalue weighted by Gasteiger charge is 2.15. The van der Waals surface area contributed by atoms with Crippen LogP contribution in [0, 0.1) is 6.92 Å². The third kappa shape index (κ3) is 3.36. The summed E-state index contributed by atoms with van der Waals surface area (Å²) in [5, 5.41) is 3.60. The van der Waals surface area contributed by atoms with Crippen molar-refractivity contribution < 1.29 is 9.53 Å². The lowest BCUT2D eigenvalue weighted by Gasteiger charge is -2.02. The van der Waals surface area contributed by atoms with Gasteiger partial charge in [-0.1, -0.05) is 0 Å². The summed E-state index contributed by atoms with van der Waals surface area (Å²) in [6, 6.07) is 3.78. The molecule has 0 aliphatic rings. The van der Waals surface area contributed by atoms with E-state index in [1.165, 1.54) is 11.3 Å². The summed E-state index contributed by atoms with van der Waals surface area (Å²) in [6.07, 6.45) is 3.45. The number of nitrogens with zero attached hydrogens (tertiary/aromatic N) is 2. The molecule has 19 heavy (non-hydrogen) atoms. The molecule has 1 N–H and O–H groups in total. The quantitative estimate of drug-likeness (QED) is 0.848. The molecule has 6 heteroatoms. The zero-order valence-corrected chi connectivity index (χ0v) is 11.7. The molecule has 100 valence electrons. The first kappa shape index (κ1) is 13.6. The smallest absolute Gasteiger partial charge is 0.263 e. The molecule has 0 aliphatic carbocycles. The number of methoxy groups -OCH3 is 1. The van der Waals surface area contributed by atoms with Crippen molar-refractivity contribution in [1.29, 1.82) is 0 Å². The van der Waals surface area contributed by atoms with Crippen LogP contribution in [0.2, 0.25) is 0 Å². The average molecular weight is 277 g/mol. The molecule has 0 radical (unpaired) electrons. The van der Waals surface area contributed by atoms with E-state index < -0.39 is 0 Å². The summed E-state index contributed by atoms with van der Waals surface area (Å²) in [4.78, 5) is 21.1. The van der Waals surface area contributed by atoms with Crippen LogP contribution >= 0.6 is 11.3 Å². The summed E-state index contributed by atoms with van der Waals surface area (Å²) in [5.41, 5.74) is 1.66. The third-order valence-corrected chi connectivity index (χ3v) is 3.71. The van der Waals surface area contributed by atoms with Gasteiger partial charge in [0.15, 0.2) is 0 Å². The molecule has 0 bridgehead atoms. The molecular formula is C13H15N3O2S. The number of nitrogens with one attached hydrogen (secondary N) is 1. The Bertz CT molecular complexity index is 554. The number of aryl methyl sites for hydroxylation is 1. The number of rotatable bonds is 5. The molecule has 0 saturated heterocycles. The normalized spacial score (nSPS) is 10.4. The number of hydrogen-bond acceptors (Lipinski definition) is 5. The molecule has 0 spiro atoms. The predicted molar refractivity (Wildman–Crippen MR) is 74.3 cm³/mol. The van der Waals surface area contributed by atoms with Crippen LogP contribution in [-0.4, -0.2) is 36.1 Å². The summed E-state index contributed by atoms with van der Waals surface area (Å²) in [6.45, 7) is 2.83. The van der Waals surface area contributed by atoms with Gasteiger partial charge in [-0.25, -0.2) is 4.98 Å². The van der Waals surface area contributed by atoms with Crippen molar-refractivity contribution in [2.24, 2.45) is 0 Å². The van der Waals surface area contributed by atoms with Crippen molar-refractivity contribution in [1.82, 2.24) is 15.3 Å². The van der Waals surface area contributed by atoms with Gasteiger partial charge in [0.05, 0.1) is 12.3 Å². The van der Waals surface area contributed by atoms with Gasteiger partial charge in [-0.2, -0.15) is 0 Å². The van der Waals surface area contributed by atoms with Crippen molar-refractivity contribution >= 4 is 17.2 Å². The van der Waals surface area contributed by atoms with Crippen LogP contribution < -0.4 is 5.32 Å². The van der Waals surface area contributed by atoms with E-state index in [-0.39, 0.29) is 5.91 Å². The monoisotopic (exact) mass is 277 g/mol. The van der Waals surface area contributed by atoms with Gasteiger partial charge in [0.25, 0.3) is 5.91 Å². The fourth-order valence-corrected chi connectivity index (χ4v) is 2.54. The molecule has 5 nitrogen and oxygen atoms in total. The van der Waals surface area contributed by atoms with E-state index in [0.717, 1.165) is 16.3 Å². The molecule has 0 unspecified atom stereocenters. The number of amides is 1. The van der Waals surface area contributed by atoms with Crippen LogP contribution in [0.15, 0.2) is 24.5 Å². The van der Waals surface area contributed by atoms with Gasteiger partial charge in [-0.3, -0.25) is 9.78 Å². The van der Waals surface area contributed by atoms with E-state index in [4.69, 9.17) is 4.74 Å². The van der Waals surface area contributed by atoms with E-state index in [0.29, 0.717) is 18.0 Å². The maximum atomic E-state index is 12.0. The van der Waals surface area contributed by atoms with E-state index in [9.17, 15) is 4.79 Å². The van der Waals surface area contributed by atoms with E-state index in [1.54, 1.807) is 19.5 Å². The van der Waals surface area contributed by atoms with E-state index in [2.05, 4.69) is 15.3 Å². The van der Waals surface area contributed by atoms with Crippen LogP contribution in [0.25, 0.3) is 10.6 Å². The zero-order chi connectivity index (χ0) is 13.7. The Hall–Kier alpha value is -1.79. The number of thiazole rings is 1. The SMILES string of the molecule is COCCNC(=O)c1sc(-c2cccnc2)nc1C.